The summed E-state index contributed by atoms with van der Waals surface area (Å²) in [6.45, 7) is 4.82. The van der Waals surface area contributed by atoms with Crippen LogP contribution in [0.3, 0.4) is 0 Å². The first-order valence-electron chi connectivity index (χ1n) is 24.8. The van der Waals surface area contributed by atoms with Crippen molar-refractivity contribution in [1.82, 2.24) is 19.5 Å². The molecule has 1 spiro atoms. The van der Waals surface area contributed by atoms with Gasteiger partial charge in [-0.2, -0.15) is 0 Å². The van der Waals surface area contributed by atoms with E-state index in [1.54, 1.807) is 0 Å². The molecule has 0 fully saturated rings. The molecule has 3 aliphatic rings. The maximum absolute atomic E-state index is 6.76. The Morgan fingerprint density at radius 2 is 0.944 bits per heavy atom. The van der Waals surface area contributed by atoms with Crippen LogP contribution >= 0.6 is 0 Å². The van der Waals surface area contributed by atoms with E-state index >= 15 is 0 Å². The molecule has 5 heteroatoms. The number of aromatic nitrogens is 4. The SMILES string of the molecule is CC1(C)c2cc(-c3ccc4c(c3)-c3c(-c5nc(-c6ccccc6)nc(-c6ccccc6)n5)cccc3C43c4ccccc4Oc4ccccc43)ccc2-c2ccc3c4ccccc4n(-c4ccccc4)c3c21. The van der Waals surface area contributed by atoms with Crippen LogP contribution in [-0.4, -0.2) is 19.5 Å². The van der Waals surface area contributed by atoms with Gasteiger partial charge in [0.15, 0.2) is 17.5 Å². The molecule has 3 heterocycles. The van der Waals surface area contributed by atoms with Crippen LogP contribution in [0, 0.1) is 0 Å². The fourth-order valence-electron chi connectivity index (χ4n) is 12.6. The van der Waals surface area contributed by atoms with Gasteiger partial charge in [0.05, 0.1) is 16.4 Å². The van der Waals surface area contributed by atoms with Crippen LogP contribution in [0.4, 0.5) is 0 Å². The third kappa shape index (κ3) is 5.62. The minimum Gasteiger partial charge on any atom is -0.457 e. The lowest BCUT2D eigenvalue weighted by Crippen LogP contribution is -2.32. The van der Waals surface area contributed by atoms with Gasteiger partial charge in [0, 0.05) is 49.7 Å². The molecule has 338 valence electrons. The molecule has 0 saturated heterocycles. The highest BCUT2D eigenvalue weighted by Crippen LogP contribution is 2.64. The molecule has 0 bridgehead atoms. The topological polar surface area (TPSA) is 52.8 Å². The number of para-hydroxylation sites is 4. The van der Waals surface area contributed by atoms with Crippen molar-refractivity contribution >= 4 is 21.8 Å². The fraction of sp³-hybridized carbons (Fsp3) is 0.0597. The van der Waals surface area contributed by atoms with E-state index in [1.807, 2.05) is 36.4 Å². The van der Waals surface area contributed by atoms with E-state index in [9.17, 15) is 0 Å². The number of rotatable bonds is 5. The summed E-state index contributed by atoms with van der Waals surface area (Å²) in [4.78, 5) is 15.8. The molecule has 15 rings (SSSR count). The summed E-state index contributed by atoms with van der Waals surface area (Å²) in [7, 11) is 0. The van der Waals surface area contributed by atoms with E-state index in [-0.39, 0.29) is 5.41 Å². The second kappa shape index (κ2) is 15.2. The zero-order chi connectivity index (χ0) is 47.7. The quantitative estimate of drug-likeness (QED) is 0.173. The Hall–Kier alpha value is -9.19. The summed E-state index contributed by atoms with van der Waals surface area (Å²) < 4.78 is 9.24. The third-order valence-electron chi connectivity index (χ3n) is 15.7. The number of fused-ring (bicyclic) bond motifs is 16. The summed E-state index contributed by atoms with van der Waals surface area (Å²) in [5, 5.41) is 2.54. The van der Waals surface area contributed by atoms with Gasteiger partial charge in [0.1, 0.15) is 11.5 Å². The largest absolute Gasteiger partial charge is 0.457 e. The lowest BCUT2D eigenvalue weighted by molar-refractivity contribution is 0.436. The van der Waals surface area contributed by atoms with Gasteiger partial charge in [-0.25, -0.2) is 15.0 Å². The van der Waals surface area contributed by atoms with Crippen molar-refractivity contribution in [3.8, 4) is 84.7 Å². The zero-order valence-corrected chi connectivity index (χ0v) is 39.6. The van der Waals surface area contributed by atoms with Crippen molar-refractivity contribution in [3.63, 3.8) is 0 Å². The van der Waals surface area contributed by atoms with Gasteiger partial charge >= 0.3 is 0 Å². The molecule has 0 unspecified atom stereocenters. The van der Waals surface area contributed by atoms with Gasteiger partial charge in [0.2, 0.25) is 0 Å². The lowest BCUT2D eigenvalue weighted by atomic mass is 9.66. The summed E-state index contributed by atoms with van der Waals surface area (Å²) in [6, 6.07) is 82.8. The lowest BCUT2D eigenvalue weighted by Gasteiger charge is -2.39. The van der Waals surface area contributed by atoms with Crippen molar-refractivity contribution < 1.29 is 4.74 Å². The number of hydrogen-bond acceptors (Lipinski definition) is 4. The monoisotopic (exact) mass is 920 g/mol. The molecule has 0 atom stereocenters. The molecule has 2 aromatic heterocycles. The summed E-state index contributed by atoms with van der Waals surface area (Å²) in [6.07, 6.45) is 0. The third-order valence-corrected chi connectivity index (χ3v) is 15.7. The van der Waals surface area contributed by atoms with Crippen LogP contribution in [0.5, 0.6) is 11.5 Å². The molecule has 12 aromatic rings. The average molecular weight is 921 g/mol. The number of nitrogens with zero attached hydrogens (tertiary/aromatic N) is 4. The average Bonchev–Trinajstić information content (AvgIpc) is 4.02. The maximum atomic E-state index is 6.76. The highest BCUT2D eigenvalue weighted by atomic mass is 16.5. The summed E-state index contributed by atoms with van der Waals surface area (Å²) >= 11 is 0. The van der Waals surface area contributed by atoms with E-state index in [1.165, 1.54) is 66.4 Å². The van der Waals surface area contributed by atoms with E-state index in [2.05, 4.69) is 213 Å². The molecule has 72 heavy (non-hydrogen) atoms. The van der Waals surface area contributed by atoms with E-state index < -0.39 is 5.41 Å². The zero-order valence-electron chi connectivity index (χ0n) is 39.6. The predicted octanol–water partition coefficient (Wildman–Crippen LogP) is 16.4. The predicted molar refractivity (Wildman–Crippen MR) is 291 cm³/mol. The highest BCUT2D eigenvalue weighted by molar-refractivity contribution is 6.13. The first-order valence-corrected chi connectivity index (χ1v) is 24.8. The second-order valence-corrected chi connectivity index (χ2v) is 19.8. The first kappa shape index (κ1) is 40.7. The Balaban J connectivity index is 0.963. The normalized spacial score (nSPS) is 14.0. The van der Waals surface area contributed by atoms with Gasteiger partial charge in [-0.15, -0.1) is 0 Å². The maximum Gasteiger partial charge on any atom is 0.164 e. The van der Waals surface area contributed by atoms with E-state index in [0.717, 1.165) is 56.0 Å². The van der Waals surface area contributed by atoms with Crippen LogP contribution in [0.25, 0.3) is 95.0 Å². The smallest absolute Gasteiger partial charge is 0.164 e. The Bertz CT molecular complexity index is 4110. The summed E-state index contributed by atoms with van der Waals surface area (Å²) in [5.41, 5.74) is 19.9. The van der Waals surface area contributed by atoms with Crippen molar-refractivity contribution in [2.45, 2.75) is 24.7 Å². The van der Waals surface area contributed by atoms with Crippen molar-refractivity contribution in [2.75, 3.05) is 0 Å². The van der Waals surface area contributed by atoms with E-state index in [4.69, 9.17) is 19.7 Å². The van der Waals surface area contributed by atoms with Crippen molar-refractivity contribution in [3.05, 3.63) is 264 Å². The van der Waals surface area contributed by atoms with Gasteiger partial charge in [0.25, 0.3) is 0 Å². The first-order chi connectivity index (χ1) is 35.5. The Morgan fingerprint density at radius 3 is 1.65 bits per heavy atom. The molecule has 1 aliphatic heterocycles. The number of benzene rings is 10. The fourth-order valence-corrected chi connectivity index (χ4v) is 12.6. The molecular formula is C67H44N4O. The molecule has 0 saturated carbocycles. The second-order valence-electron chi connectivity index (χ2n) is 19.8. The standard InChI is InChI=1S/C67H44N4O/c1-66(2)56-40-44(33-35-46(56)48-36-37-49-47-25-12-15-30-57(47)71(62(49)61(48)66)45-23-10-5-11-24-45)43-34-38-52-51(39-43)60-50(65-69-63(41-19-6-3-7-20-41)68-64(70-65)42-21-8-4-9-22-42)26-18-29-55(60)67(52)53-27-13-16-31-58(53)72-59-32-17-14-28-54(59)67/h3-40H,1-2H3. The molecule has 10 aromatic carbocycles. The minimum absolute atomic E-state index is 0.303. The molecule has 0 N–H and O–H groups in total. The number of hydrogen-bond donors (Lipinski definition) is 0. The van der Waals surface area contributed by atoms with Gasteiger partial charge < -0.3 is 9.30 Å². The Kier molecular flexibility index (Phi) is 8.56. The van der Waals surface area contributed by atoms with Crippen LogP contribution in [0.1, 0.15) is 47.2 Å². The van der Waals surface area contributed by atoms with E-state index in [0.29, 0.717) is 17.5 Å². The molecule has 5 nitrogen and oxygen atoms in total. The molecule has 0 amide bonds. The van der Waals surface area contributed by atoms with Gasteiger partial charge in [-0.05, 0) is 98.1 Å². The van der Waals surface area contributed by atoms with Crippen molar-refractivity contribution in [1.29, 1.82) is 0 Å². The highest BCUT2D eigenvalue weighted by Gasteiger charge is 2.52. The number of ether oxygens (including phenoxy) is 1. The van der Waals surface area contributed by atoms with Crippen LogP contribution < -0.4 is 4.74 Å². The van der Waals surface area contributed by atoms with Crippen molar-refractivity contribution in [2.24, 2.45) is 0 Å². The van der Waals surface area contributed by atoms with Gasteiger partial charge in [-0.3, -0.25) is 0 Å². The van der Waals surface area contributed by atoms with Crippen LogP contribution in [-0.2, 0) is 10.8 Å². The molecule has 2 aliphatic carbocycles. The minimum atomic E-state index is -0.688. The Morgan fingerprint density at radius 1 is 0.375 bits per heavy atom. The van der Waals surface area contributed by atoms with Crippen LogP contribution in [0.15, 0.2) is 231 Å². The summed E-state index contributed by atoms with van der Waals surface area (Å²) in [5.74, 6) is 3.58. The van der Waals surface area contributed by atoms with Crippen LogP contribution in [0.2, 0.25) is 0 Å². The van der Waals surface area contributed by atoms with Gasteiger partial charge in [-0.1, -0.05) is 202 Å². The molecular weight excluding hydrogens is 877 g/mol. The Labute approximate surface area is 417 Å². The molecule has 0 radical (unpaired) electrons.